The van der Waals surface area contributed by atoms with Crippen molar-refractivity contribution in [2.24, 2.45) is 5.92 Å². The highest BCUT2D eigenvalue weighted by atomic mass is 16.2. The summed E-state index contributed by atoms with van der Waals surface area (Å²) in [7, 11) is 0. The van der Waals surface area contributed by atoms with Crippen LogP contribution in [0.1, 0.15) is 38.2 Å². The van der Waals surface area contributed by atoms with E-state index >= 15 is 0 Å². The second-order valence-corrected chi connectivity index (χ2v) is 7.31. The molecule has 0 radical (unpaired) electrons. The second kappa shape index (κ2) is 5.36. The number of carbonyl (C=O) groups is 2. The molecule has 2 heterocycles. The Bertz CT molecular complexity index is 626. The summed E-state index contributed by atoms with van der Waals surface area (Å²) in [5.74, 6) is 0.696. The minimum atomic E-state index is 0.0211. The van der Waals surface area contributed by atoms with Gasteiger partial charge in [-0.1, -0.05) is 30.3 Å². The van der Waals surface area contributed by atoms with Crippen molar-refractivity contribution in [1.29, 1.82) is 0 Å². The molecule has 0 spiro atoms. The van der Waals surface area contributed by atoms with Crippen LogP contribution in [0, 0.1) is 5.92 Å². The molecule has 4 nitrogen and oxygen atoms in total. The first kappa shape index (κ1) is 14.7. The quantitative estimate of drug-likeness (QED) is 0.840. The van der Waals surface area contributed by atoms with Crippen LogP contribution in [0.15, 0.2) is 30.3 Å². The van der Waals surface area contributed by atoms with E-state index in [0.717, 1.165) is 38.8 Å². The summed E-state index contributed by atoms with van der Waals surface area (Å²) in [6.45, 7) is 3.99. The van der Waals surface area contributed by atoms with E-state index in [2.05, 4.69) is 24.3 Å². The SMILES string of the molecule is CC(=O)N1CC[C@@]2(c3ccccc3)CCN(C(=O)C3CC3)C[C@@H]12. The zero-order chi connectivity index (χ0) is 16.0. The maximum Gasteiger partial charge on any atom is 0.225 e. The van der Waals surface area contributed by atoms with Crippen LogP contribution in [-0.4, -0.2) is 47.3 Å². The predicted molar refractivity (Wildman–Crippen MR) is 87.8 cm³/mol. The normalized spacial score (nSPS) is 30.2. The third kappa shape index (κ3) is 2.35. The zero-order valence-corrected chi connectivity index (χ0v) is 13.7. The van der Waals surface area contributed by atoms with Gasteiger partial charge in [0, 0.05) is 37.9 Å². The molecule has 1 aliphatic carbocycles. The summed E-state index contributed by atoms with van der Waals surface area (Å²) in [6.07, 6.45) is 4.05. The smallest absolute Gasteiger partial charge is 0.225 e. The van der Waals surface area contributed by atoms with E-state index in [1.165, 1.54) is 5.56 Å². The summed E-state index contributed by atoms with van der Waals surface area (Å²) in [5, 5.41) is 0. The van der Waals surface area contributed by atoms with E-state index in [9.17, 15) is 9.59 Å². The molecule has 2 aliphatic heterocycles. The summed E-state index contributed by atoms with van der Waals surface area (Å²) >= 11 is 0. The van der Waals surface area contributed by atoms with Crippen molar-refractivity contribution in [3.63, 3.8) is 0 Å². The van der Waals surface area contributed by atoms with Gasteiger partial charge in [0.1, 0.15) is 0 Å². The fraction of sp³-hybridized carbons (Fsp3) is 0.579. The summed E-state index contributed by atoms with van der Waals surface area (Å²) in [5.41, 5.74) is 1.35. The van der Waals surface area contributed by atoms with Crippen LogP contribution < -0.4 is 0 Å². The van der Waals surface area contributed by atoms with Crippen LogP contribution in [0.5, 0.6) is 0 Å². The van der Waals surface area contributed by atoms with E-state index in [1.54, 1.807) is 6.92 Å². The molecule has 3 fully saturated rings. The van der Waals surface area contributed by atoms with Crippen LogP contribution in [0.4, 0.5) is 0 Å². The number of fused-ring (bicyclic) bond motifs is 1. The first-order valence-electron chi connectivity index (χ1n) is 8.73. The third-order valence-electron chi connectivity index (χ3n) is 6.03. The van der Waals surface area contributed by atoms with Gasteiger partial charge in [0.25, 0.3) is 0 Å². The fourth-order valence-electron chi connectivity index (χ4n) is 4.56. The van der Waals surface area contributed by atoms with Gasteiger partial charge in [0.05, 0.1) is 6.04 Å². The van der Waals surface area contributed by atoms with Crippen LogP contribution in [0.25, 0.3) is 0 Å². The molecule has 4 heteroatoms. The standard InChI is InChI=1S/C19H24N2O2/c1-14(22)21-12-10-19(16-5-3-2-4-6-16)9-11-20(13-17(19)21)18(23)15-7-8-15/h2-6,15,17H,7-13H2,1H3/t17-,19-/m1/s1. The van der Waals surface area contributed by atoms with E-state index in [-0.39, 0.29) is 23.3 Å². The van der Waals surface area contributed by atoms with Crippen molar-refractivity contribution < 1.29 is 9.59 Å². The maximum atomic E-state index is 12.5. The Morgan fingerprint density at radius 1 is 1.09 bits per heavy atom. The number of piperidine rings is 1. The molecular formula is C19H24N2O2. The van der Waals surface area contributed by atoms with Crippen LogP contribution in [0.2, 0.25) is 0 Å². The van der Waals surface area contributed by atoms with Crippen molar-refractivity contribution >= 4 is 11.8 Å². The average Bonchev–Trinajstić information content (AvgIpc) is 3.34. The lowest BCUT2D eigenvalue weighted by Crippen LogP contribution is -2.57. The molecule has 4 rings (SSSR count). The molecule has 0 aromatic heterocycles. The average molecular weight is 312 g/mol. The number of benzene rings is 1. The molecule has 2 amide bonds. The lowest BCUT2D eigenvalue weighted by molar-refractivity contribution is -0.139. The lowest BCUT2D eigenvalue weighted by Gasteiger charge is -2.46. The largest absolute Gasteiger partial charge is 0.340 e. The molecule has 122 valence electrons. The fourth-order valence-corrected chi connectivity index (χ4v) is 4.56. The summed E-state index contributed by atoms with van der Waals surface area (Å²) in [4.78, 5) is 28.6. The molecule has 2 saturated heterocycles. The molecule has 2 atom stereocenters. The van der Waals surface area contributed by atoms with Gasteiger partial charge in [-0.05, 0) is 31.2 Å². The van der Waals surface area contributed by atoms with Crippen molar-refractivity contribution in [3.05, 3.63) is 35.9 Å². The van der Waals surface area contributed by atoms with Gasteiger partial charge in [-0.15, -0.1) is 0 Å². The van der Waals surface area contributed by atoms with Gasteiger partial charge in [-0.3, -0.25) is 9.59 Å². The first-order valence-corrected chi connectivity index (χ1v) is 8.73. The summed E-state index contributed by atoms with van der Waals surface area (Å²) in [6, 6.07) is 10.7. The Hall–Kier alpha value is -1.84. The van der Waals surface area contributed by atoms with E-state index < -0.39 is 0 Å². The summed E-state index contributed by atoms with van der Waals surface area (Å²) < 4.78 is 0. The lowest BCUT2D eigenvalue weighted by atomic mass is 9.69. The monoisotopic (exact) mass is 312 g/mol. The number of nitrogens with zero attached hydrogens (tertiary/aromatic N) is 2. The highest BCUT2D eigenvalue weighted by Crippen LogP contribution is 2.46. The maximum absolute atomic E-state index is 12.5. The third-order valence-corrected chi connectivity index (χ3v) is 6.03. The topological polar surface area (TPSA) is 40.6 Å². The highest BCUT2D eigenvalue weighted by Gasteiger charge is 2.53. The second-order valence-electron chi connectivity index (χ2n) is 7.31. The van der Waals surface area contributed by atoms with Crippen molar-refractivity contribution in [2.45, 2.75) is 44.1 Å². The van der Waals surface area contributed by atoms with Crippen LogP contribution >= 0.6 is 0 Å². The Labute approximate surface area is 137 Å². The van der Waals surface area contributed by atoms with Gasteiger partial charge in [-0.2, -0.15) is 0 Å². The first-order chi connectivity index (χ1) is 11.1. The minimum Gasteiger partial charge on any atom is -0.340 e. The van der Waals surface area contributed by atoms with Crippen molar-refractivity contribution in [3.8, 4) is 0 Å². The minimum absolute atomic E-state index is 0.0211. The molecule has 0 N–H and O–H groups in total. The number of likely N-dealkylation sites (tertiary alicyclic amines) is 2. The van der Waals surface area contributed by atoms with Crippen LogP contribution in [-0.2, 0) is 15.0 Å². The van der Waals surface area contributed by atoms with E-state index in [4.69, 9.17) is 0 Å². The molecule has 1 saturated carbocycles. The van der Waals surface area contributed by atoms with Crippen molar-refractivity contribution in [1.82, 2.24) is 9.80 Å². The Morgan fingerprint density at radius 3 is 2.43 bits per heavy atom. The number of hydrogen-bond donors (Lipinski definition) is 0. The van der Waals surface area contributed by atoms with E-state index in [0.29, 0.717) is 12.5 Å². The van der Waals surface area contributed by atoms with Gasteiger partial charge in [0.2, 0.25) is 11.8 Å². The number of rotatable bonds is 2. The zero-order valence-electron chi connectivity index (χ0n) is 13.7. The molecule has 0 bridgehead atoms. The number of hydrogen-bond acceptors (Lipinski definition) is 2. The molecule has 1 aromatic carbocycles. The van der Waals surface area contributed by atoms with Gasteiger partial charge in [-0.25, -0.2) is 0 Å². The number of carbonyl (C=O) groups excluding carboxylic acids is 2. The van der Waals surface area contributed by atoms with Gasteiger partial charge in [0.15, 0.2) is 0 Å². The van der Waals surface area contributed by atoms with E-state index in [1.807, 2.05) is 15.9 Å². The molecule has 3 aliphatic rings. The Balaban J connectivity index is 1.66. The van der Waals surface area contributed by atoms with Gasteiger partial charge < -0.3 is 9.80 Å². The molecule has 0 unspecified atom stereocenters. The van der Waals surface area contributed by atoms with Crippen LogP contribution in [0.3, 0.4) is 0 Å². The highest BCUT2D eigenvalue weighted by molar-refractivity contribution is 5.81. The molecule has 1 aromatic rings. The Kier molecular flexibility index (Phi) is 3.43. The number of amides is 2. The van der Waals surface area contributed by atoms with Gasteiger partial charge >= 0.3 is 0 Å². The predicted octanol–water partition coefficient (Wildman–Crippen LogP) is 2.19. The Morgan fingerprint density at radius 2 is 1.78 bits per heavy atom. The molecular weight excluding hydrogens is 288 g/mol. The van der Waals surface area contributed by atoms with Crippen molar-refractivity contribution in [2.75, 3.05) is 19.6 Å². The molecule has 23 heavy (non-hydrogen) atoms.